The van der Waals surface area contributed by atoms with Crippen LogP contribution in [-0.4, -0.2) is 36.0 Å². The number of hydrogen-bond acceptors (Lipinski definition) is 4. The number of nitrogens with one attached hydrogen (secondary N) is 2. The molecule has 2 atom stereocenters. The fourth-order valence-corrected chi connectivity index (χ4v) is 3.60. The van der Waals surface area contributed by atoms with Crippen LogP contribution in [0.5, 0.6) is 0 Å². The highest BCUT2D eigenvalue weighted by atomic mass is 16.5. The van der Waals surface area contributed by atoms with Gasteiger partial charge in [0.25, 0.3) is 0 Å². The summed E-state index contributed by atoms with van der Waals surface area (Å²) in [5, 5.41) is 5.85. The Morgan fingerprint density at radius 3 is 2.39 bits per heavy atom. The number of urea groups is 1. The van der Waals surface area contributed by atoms with Gasteiger partial charge in [0.15, 0.2) is 0 Å². The van der Waals surface area contributed by atoms with Crippen molar-refractivity contribution in [1.82, 2.24) is 10.2 Å². The Morgan fingerprint density at radius 1 is 1.19 bits per heavy atom. The number of unbranched alkanes of at least 4 members (excludes halogenated alkanes) is 1. The van der Waals surface area contributed by atoms with E-state index in [1.165, 1.54) is 4.90 Å². The number of ether oxygens (including phenoxy) is 1. The van der Waals surface area contributed by atoms with Crippen molar-refractivity contribution in [3.8, 4) is 0 Å². The topological polar surface area (TPSA) is 87.7 Å². The number of benzene rings is 1. The van der Waals surface area contributed by atoms with Crippen LogP contribution in [0.3, 0.4) is 0 Å². The van der Waals surface area contributed by atoms with Crippen molar-refractivity contribution in [3.63, 3.8) is 0 Å². The summed E-state index contributed by atoms with van der Waals surface area (Å²) in [7, 11) is 1.62. The minimum absolute atomic E-state index is 0.00390. The lowest BCUT2D eigenvalue weighted by molar-refractivity contribution is -0.143. The average Bonchev–Trinajstić information content (AvgIpc) is 2.72. The van der Waals surface area contributed by atoms with E-state index in [1.807, 2.05) is 19.1 Å². The Balaban J connectivity index is 2.24. The van der Waals surface area contributed by atoms with Crippen molar-refractivity contribution in [2.75, 3.05) is 12.4 Å². The van der Waals surface area contributed by atoms with Crippen molar-refractivity contribution < 1.29 is 19.1 Å². The summed E-state index contributed by atoms with van der Waals surface area (Å²) in [6.07, 6.45) is 3.51. The molecule has 0 saturated carbocycles. The third kappa shape index (κ3) is 6.09. The zero-order valence-electron chi connectivity index (χ0n) is 19.5. The van der Waals surface area contributed by atoms with E-state index in [-0.39, 0.29) is 24.0 Å². The molecule has 0 spiro atoms. The molecule has 0 bridgehead atoms. The third-order valence-corrected chi connectivity index (χ3v) is 5.60. The summed E-state index contributed by atoms with van der Waals surface area (Å²) in [6, 6.07) is 6.31. The molecule has 0 aliphatic carbocycles. The summed E-state index contributed by atoms with van der Waals surface area (Å²) in [5.41, 5.74) is 2.39. The second-order valence-electron chi connectivity index (χ2n) is 8.25. The van der Waals surface area contributed by atoms with Crippen LogP contribution in [0.1, 0.15) is 71.9 Å². The number of allylic oxidation sites excluding steroid dienone is 1. The Labute approximate surface area is 185 Å². The van der Waals surface area contributed by atoms with Gasteiger partial charge in [-0.1, -0.05) is 38.8 Å². The minimum atomic E-state index is -0.618. The van der Waals surface area contributed by atoms with Gasteiger partial charge in [-0.25, -0.2) is 9.59 Å². The smallest absolute Gasteiger partial charge is 0.338 e. The zero-order valence-corrected chi connectivity index (χ0v) is 19.5. The molecule has 7 heteroatoms. The SMILES string of the molecule is CCCC[C@H](CC)C(=O)Nc1ccc([C@@H]2NC(=O)N(C)C(C)=C2C(=O)OC(C)C)cc1. The van der Waals surface area contributed by atoms with E-state index in [0.29, 0.717) is 17.0 Å². The molecule has 1 aromatic carbocycles. The van der Waals surface area contributed by atoms with Gasteiger partial charge in [-0.15, -0.1) is 0 Å². The second kappa shape index (κ2) is 11.0. The maximum atomic E-state index is 12.7. The number of nitrogens with zero attached hydrogens (tertiary/aromatic N) is 1. The van der Waals surface area contributed by atoms with Crippen LogP contribution in [0, 0.1) is 5.92 Å². The van der Waals surface area contributed by atoms with Gasteiger partial charge in [-0.05, 0) is 51.3 Å². The molecular weight excluding hydrogens is 394 g/mol. The highest BCUT2D eigenvalue weighted by molar-refractivity contribution is 5.95. The Morgan fingerprint density at radius 2 is 1.84 bits per heavy atom. The largest absolute Gasteiger partial charge is 0.459 e. The van der Waals surface area contributed by atoms with Crippen LogP contribution in [-0.2, 0) is 14.3 Å². The Hall–Kier alpha value is -2.83. The van der Waals surface area contributed by atoms with E-state index in [2.05, 4.69) is 17.6 Å². The summed E-state index contributed by atoms with van der Waals surface area (Å²) in [5.74, 6) is -0.438. The van der Waals surface area contributed by atoms with Gasteiger partial charge < -0.3 is 20.3 Å². The van der Waals surface area contributed by atoms with Crippen molar-refractivity contribution in [3.05, 3.63) is 41.1 Å². The lowest BCUT2D eigenvalue weighted by Crippen LogP contribution is -2.46. The summed E-state index contributed by atoms with van der Waals surface area (Å²) in [4.78, 5) is 39.1. The summed E-state index contributed by atoms with van der Waals surface area (Å²) in [6.45, 7) is 9.45. The number of carbonyl (C=O) groups is 3. The Bertz CT molecular complexity index is 830. The normalized spacial score (nSPS) is 17.5. The fraction of sp³-hybridized carbons (Fsp3) is 0.542. The van der Waals surface area contributed by atoms with Gasteiger partial charge in [-0.2, -0.15) is 0 Å². The number of anilines is 1. The van der Waals surface area contributed by atoms with E-state index in [1.54, 1.807) is 40.0 Å². The first-order valence-electron chi connectivity index (χ1n) is 11.1. The van der Waals surface area contributed by atoms with Gasteiger partial charge >= 0.3 is 12.0 Å². The van der Waals surface area contributed by atoms with Crippen LogP contribution in [0.25, 0.3) is 0 Å². The fourth-order valence-electron chi connectivity index (χ4n) is 3.60. The molecule has 0 unspecified atom stereocenters. The van der Waals surface area contributed by atoms with Crippen LogP contribution in [0.15, 0.2) is 35.5 Å². The van der Waals surface area contributed by atoms with Crippen molar-refractivity contribution in [1.29, 1.82) is 0 Å². The number of esters is 1. The first kappa shape index (κ1) is 24.4. The number of rotatable bonds is 9. The van der Waals surface area contributed by atoms with E-state index in [0.717, 1.165) is 31.2 Å². The van der Waals surface area contributed by atoms with Gasteiger partial charge in [0.05, 0.1) is 17.7 Å². The van der Waals surface area contributed by atoms with E-state index < -0.39 is 12.0 Å². The van der Waals surface area contributed by atoms with Gasteiger partial charge in [0.1, 0.15) is 0 Å². The van der Waals surface area contributed by atoms with E-state index >= 15 is 0 Å². The molecule has 1 aliphatic heterocycles. The summed E-state index contributed by atoms with van der Waals surface area (Å²) >= 11 is 0. The monoisotopic (exact) mass is 429 g/mol. The van der Waals surface area contributed by atoms with Crippen LogP contribution < -0.4 is 10.6 Å². The van der Waals surface area contributed by atoms with Crippen LogP contribution in [0.4, 0.5) is 10.5 Å². The van der Waals surface area contributed by atoms with Crippen molar-refractivity contribution in [2.45, 2.75) is 72.4 Å². The molecule has 2 N–H and O–H groups in total. The van der Waals surface area contributed by atoms with Crippen LogP contribution >= 0.6 is 0 Å². The maximum absolute atomic E-state index is 12.7. The highest BCUT2D eigenvalue weighted by Crippen LogP contribution is 2.31. The van der Waals surface area contributed by atoms with Gasteiger partial charge in [0.2, 0.25) is 5.91 Å². The number of hydrogen-bond donors (Lipinski definition) is 2. The second-order valence-corrected chi connectivity index (χ2v) is 8.25. The lowest BCUT2D eigenvalue weighted by Gasteiger charge is -2.33. The molecule has 31 heavy (non-hydrogen) atoms. The molecule has 1 aromatic rings. The summed E-state index contributed by atoms with van der Waals surface area (Å²) < 4.78 is 5.41. The predicted molar refractivity (Wildman–Crippen MR) is 121 cm³/mol. The minimum Gasteiger partial charge on any atom is -0.459 e. The molecule has 0 saturated heterocycles. The maximum Gasteiger partial charge on any atom is 0.338 e. The molecule has 7 nitrogen and oxygen atoms in total. The van der Waals surface area contributed by atoms with Crippen LogP contribution in [0.2, 0.25) is 0 Å². The van der Waals surface area contributed by atoms with Crippen molar-refractivity contribution >= 4 is 23.6 Å². The standard InChI is InChI=1S/C24H35N3O4/c1-7-9-10-17(8-2)22(28)25-19-13-11-18(12-14-19)21-20(23(29)31-15(3)4)16(5)27(6)24(30)26-21/h11-15,17,21H,7-10H2,1-6H3,(H,25,28)(H,26,30)/t17-,21-/m0/s1. The highest BCUT2D eigenvalue weighted by Gasteiger charge is 2.35. The molecule has 2 rings (SSSR count). The molecule has 1 aliphatic rings. The molecule has 0 radical (unpaired) electrons. The van der Waals surface area contributed by atoms with Gasteiger partial charge in [-0.3, -0.25) is 4.79 Å². The third-order valence-electron chi connectivity index (χ3n) is 5.60. The average molecular weight is 430 g/mol. The first-order chi connectivity index (χ1) is 14.7. The molecule has 0 aromatic heterocycles. The number of amides is 3. The van der Waals surface area contributed by atoms with Gasteiger partial charge in [0, 0.05) is 24.4 Å². The number of carbonyl (C=O) groups excluding carboxylic acids is 3. The van der Waals surface area contributed by atoms with Crippen molar-refractivity contribution in [2.24, 2.45) is 5.92 Å². The molecule has 0 fully saturated rings. The quantitative estimate of drug-likeness (QED) is 0.554. The lowest BCUT2D eigenvalue weighted by atomic mass is 9.94. The molecule has 3 amide bonds. The Kier molecular flexibility index (Phi) is 8.65. The molecule has 170 valence electrons. The molecular formula is C24H35N3O4. The zero-order chi connectivity index (χ0) is 23.1. The van der Waals surface area contributed by atoms with E-state index in [9.17, 15) is 14.4 Å². The predicted octanol–water partition coefficient (Wildman–Crippen LogP) is 4.76. The first-order valence-corrected chi connectivity index (χ1v) is 11.1. The molecule has 1 heterocycles. The van der Waals surface area contributed by atoms with E-state index in [4.69, 9.17) is 4.74 Å².